The highest BCUT2D eigenvalue weighted by Crippen LogP contribution is 2.26. The van der Waals surface area contributed by atoms with Gasteiger partial charge in [-0.15, -0.1) is 0 Å². The minimum atomic E-state index is 0.613. The quantitative estimate of drug-likeness (QED) is 0.781. The van der Waals surface area contributed by atoms with Crippen LogP contribution >= 0.6 is 11.6 Å². The molecule has 3 aromatic rings. The van der Waals surface area contributed by atoms with Crippen molar-refractivity contribution in [3.63, 3.8) is 0 Å². The fraction of sp³-hybridized carbons (Fsp3) is 0.176. The molecule has 1 aromatic carbocycles. The molecule has 0 amide bonds. The van der Waals surface area contributed by atoms with E-state index in [2.05, 4.69) is 47.2 Å². The number of aryl methyl sites for hydroxylation is 2. The van der Waals surface area contributed by atoms with Crippen LogP contribution in [0.4, 0.5) is 0 Å². The SMILES string of the molecule is Cc1ccc(Cc2cc(-c3ccncc3Cl)n[nH]2)c(C)c1. The first-order chi connectivity index (χ1) is 10.1. The van der Waals surface area contributed by atoms with Crippen LogP contribution in [0.15, 0.2) is 42.7 Å². The van der Waals surface area contributed by atoms with Gasteiger partial charge in [0.15, 0.2) is 0 Å². The average Bonchev–Trinajstić information content (AvgIpc) is 2.91. The summed E-state index contributed by atoms with van der Waals surface area (Å²) in [6, 6.07) is 10.4. The van der Waals surface area contributed by atoms with Crippen molar-refractivity contribution in [1.82, 2.24) is 15.2 Å². The van der Waals surface area contributed by atoms with Crippen LogP contribution in [0, 0.1) is 13.8 Å². The number of aromatic amines is 1. The molecular formula is C17H16ClN3. The highest BCUT2D eigenvalue weighted by Gasteiger charge is 2.09. The van der Waals surface area contributed by atoms with E-state index in [1.165, 1.54) is 16.7 Å². The number of benzene rings is 1. The molecule has 0 aliphatic rings. The van der Waals surface area contributed by atoms with E-state index < -0.39 is 0 Å². The predicted octanol–water partition coefficient (Wildman–Crippen LogP) is 4.33. The largest absolute Gasteiger partial charge is 0.282 e. The topological polar surface area (TPSA) is 41.6 Å². The van der Waals surface area contributed by atoms with Gasteiger partial charge in [-0.25, -0.2) is 0 Å². The maximum Gasteiger partial charge on any atom is 0.0939 e. The standard InChI is InChI=1S/C17H16ClN3/c1-11-3-4-13(12(2)7-11)8-14-9-17(21-20-14)15-5-6-19-10-16(15)18/h3-7,9-10H,8H2,1-2H3,(H,20,21). The number of nitrogens with zero attached hydrogens (tertiary/aromatic N) is 2. The Hall–Kier alpha value is -2.13. The predicted molar refractivity (Wildman–Crippen MR) is 85.6 cm³/mol. The van der Waals surface area contributed by atoms with Crippen molar-refractivity contribution in [1.29, 1.82) is 0 Å². The number of rotatable bonds is 3. The van der Waals surface area contributed by atoms with Gasteiger partial charge in [-0.2, -0.15) is 5.10 Å². The van der Waals surface area contributed by atoms with E-state index in [9.17, 15) is 0 Å². The van der Waals surface area contributed by atoms with Gasteiger partial charge in [-0.05, 0) is 37.1 Å². The molecule has 0 saturated carbocycles. The molecule has 2 heterocycles. The van der Waals surface area contributed by atoms with Crippen LogP contribution in [0.1, 0.15) is 22.4 Å². The molecular weight excluding hydrogens is 282 g/mol. The van der Waals surface area contributed by atoms with Crippen molar-refractivity contribution in [3.8, 4) is 11.3 Å². The molecule has 2 aromatic heterocycles. The molecule has 0 saturated heterocycles. The third kappa shape index (κ3) is 2.98. The average molecular weight is 298 g/mol. The smallest absolute Gasteiger partial charge is 0.0939 e. The van der Waals surface area contributed by atoms with Gasteiger partial charge >= 0.3 is 0 Å². The number of hydrogen-bond acceptors (Lipinski definition) is 2. The lowest BCUT2D eigenvalue weighted by Gasteiger charge is -2.05. The van der Waals surface area contributed by atoms with Gasteiger partial charge in [0.2, 0.25) is 0 Å². The monoisotopic (exact) mass is 297 g/mol. The molecule has 0 radical (unpaired) electrons. The lowest BCUT2D eigenvalue weighted by molar-refractivity contribution is 0.991. The number of H-pyrrole nitrogens is 1. The Morgan fingerprint density at radius 2 is 2.00 bits per heavy atom. The molecule has 106 valence electrons. The van der Waals surface area contributed by atoms with Crippen LogP contribution in [0.5, 0.6) is 0 Å². The summed E-state index contributed by atoms with van der Waals surface area (Å²) < 4.78 is 0. The third-order valence-electron chi connectivity index (χ3n) is 3.56. The van der Waals surface area contributed by atoms with Gasteiger partial charge in [0, 0.05) is 30.1 Å². The maximum absolute atomic E-state index is 6.15. The summed E-state index contributed by atoms with van der Waals surface area (Å²) in [6.07, 6.45) is 4.19. The molecule has 4 heteroatoms. The second kappa shape index (κ2) is 5.70. The van der Waals surface area contributed by atoms with Gasteiger partial charge in [0.25, 0.3) is 0 Å². The summed E-state index contributed by atoms with van der Waals surface area (Å²) in [5.74, 6) is 0. The first-order valence-electron chi connectivity index (χ1n) is 6.84. The van der Waals surface area contributed by atoms with E-state index in [4.69, 9.17) is 11.6 Å². The molecule has 3 rings (SSSR count). The van der Waals surface area contributed by atoms with E-state index >= 15 is 0 Å². The van der Waals surface area contributed by atoms with Crippen LogP contribution in [0.25, 0.3) is 11.3 Å². The van der Waals surface area contributed by atoms with Crippen molar-refractivity contribution in [2.75, 3.05) is 0 Å². The fourth-order valence-corrected chi connectivity index (χ4v) is 2.64. The molecule has 0 spiro atoms. The van der Waals surface area contributed by atoms with Crippen molar-refractivity contribution in [3.05, 3.63) is 70.1 Å². The molecule has 0 bridgehead atoms. The van der Waals surface area contributed by atoms with Crippen molar-refractivity contribution in [2.45, 2.75) is 20.3 Å². The van der Waals surface area contributed by atoms with Gasteiger partial charge in [-0.1, -0.05) is 35.4 Å². The Bertz CT molecular complexity index is 777. The van der Waals surface area contributed by atoms with Gasteiger partial charge < -0.3 is 0 Å². The zero-order valence-electron chi connectivity index (χ0n) is 12.0. The van der Waals surface area contributed by atoms with Crippen molar-refractivity contribution >= 4 is 11.6 Å². The first-order valence-corrected chi connectivity index (χ1v) is 7.21. The van der Waals surface area contributed by atoms with Crippen LogP contribution in [0.2, 0.25) is 5.02 Å². The summed E-state index contributed by atoms with van der Waals surface area (Å²) in [7, 11) is 0. The Morgan fingerprint density at radius 1 is 1.14 bits per heavy atom. The Kier molecular flexibility index (Phi) is 3.76. The number of aromatic nitrogens is 3. The van der Waals surface area contributed by atoms with Crippen LogP contribution in [-0.4, -0.2) is 15.2 Å². The maximum atomic E-state index is 6.15. The Morgan fingerprint density at radius 3 is 2.76 bits per heavy atom. The third-order valence-corrected chi connectivity index (χ3v) is 3.86. The lowest BCUT2D eigenvalue weighted by atomic mass is 10.0. The summed E-state index contributed by atoms with van der Waals surface area (Å²) in [5, 5.41) is 8.06. The Labute approximate surface area is 129 Å². The molecule has 21 heavy (non-hydrogen) atoms. The molecule has 3 nitrogen and oxygen atoms in total. The zero-order valence-corrected chi connectivity index (χ0v) is 12.8. The number of hydrogen-bond donors (Lipinski definition) is 1. The summed E-state index contributed by atoms with van der Waals surface area (Å²) in [5.41, 5.74) is 6.71. The van der Waals surface area contributed by atoms with E-state index in [0.29, 0.717) is 5.02 Å². The number of nitrogens with one attached hydrogen (secondary N) is 1. The van der Waals surface area contributed by atoms with Gasteiger partial charge in [-0.3, -0.25) is 10.1 Å². The van der Waals surface area contributed by atoms with Crippen LogP contribution in [-0.2, 0) is 6.42 Å². The minimum Gasteiger partial charge on any atom is -0.282 e. The highest BCUT2D eigenvalue weighted by molar-refractivity contribution is 6.33. The summed E-state index contributed by atoms with van der Waals surface area (Å²) in [6.45, 7) is 4.25. The van der Waals surface area contributed by atoms with E-state index in [1.807, 2.05) is 12.1 Å². The second-order valence-corrected chi connectivity index (χ2v) is 5.65. The molecule has 0 unspecified atom stereocenters. The molecule has 1 N–H and O–H groups in total. The molecule has 0 fully saturated rings. The fourth-order valence-electron chi connectivity index (χ4n) is 2.42. The summed E-state index contributed by atoms with van der Waals surface area (Å²) >= 11 is 6.15. The van der Waals surface area contributed by atoms with Crippen molar-refractivity contribution < 1.29 is 0 Å². The number of halogens is 1. The number of pyridine rings is 1. The van der Waals surface area contributed by atoms with Gasteiger partial charge in [0.05, 0.1) is 10.7 Å². The van der Waals surface area contributed by atoms with E-state index in [1.54, 1.807) is 12.4 Å². The van der Waals surface area contributed by atoms with Gasteiger partial charge in [0.1, 0.15) is 0 Å². The first kappa shape index (κ1) is 13.8. The summed E-state index contributed by atoms with van der Waals surface area (Å²) in [4.78, 5) is 3.99. The minimum absolute atomic E-state index is 0.613. The van der Waals surface area contributed by atoms with Crippen LogP contribution in [0.3, 0.4) is 0 Å². The molecule has 0 aliphatic heterocycles. The molecule has 0 atom stereocenters. The second-order valence-electron chi connectivity index (χ2n) is 5.24. The van der Waals surface area contributed by atoms with Crippen LogP contribution < -0.4 is 0 Å². The molecule has 0 aliphatic carbocycles. The lowest BCUT2D eigenvalue weighted by Crippen LogP contribution is -1.92. The van der Waals surface area contributed by atoms with E-state index in [-0.39, 0.29) is 0 Å². The van der Waals surface area contributed by atoms with Crippen molar-refractivity contribution in [2.24, 2.45) is 0 Å². The van der Waals surface area contributed by atoms with E-state index in [0.717, 1.165) is 23.4 Å². The zero-order chi connectivity index (χ0) is 14.8. The normalized spacial score (nSPS) is 10.8. The Balaban J connectivity index is 1.87. The highest BCUT2D eigenvalue weighted by atomic mass is 35.5.